The zero-order chi connectivity index (χ0) is 14.3. The topological polar surface area (TPSA) is 90.6 Å². The van der Waals surface area contributed by atoms with Gasteiger partial charge < -0.3 is 20.5 Å². The molecule has 0 rings (SSSR count). The number of ether oxygens (including phenoxy) is 2. The third-order valence-corrected chi connectivity index (χ3v) is 2.29. The SMILES string of the molecule is CC[C@H](NC(=O)OC(C)(C)C)[C@H](N)CC(=O)OC. The number of carbonyl (C=O) groups excluding carboxylic acids is 2. The van der Waals surface area contributed by atoms with Crippen molar-refractivity contribution in [3.05, 3.63) is 0 Å². The highest BCUT2D eigenvalue weighted by Crippen LogP contribution is 2.08. The molecule has 0 bridgehead atoms. The van der Waals surface area contributed by atoms with Crippen LogP contribution in [0.5, 0.6) is 0 Å². The van der Waals surface area contributed by atoms with Gasteiger partial charge in [0.1, 0.15) is 5.60 Å². The first-order chi connectivity index (χ1) is 8.19. The van der Waals surface area contributed by atoms with E-state index in [1.807, 2.05) is 6.92 Å². The van der Waals surface area contributed by atoms with Gasteiger partial charge in [-0.05, 0) is 27.2 Å². The van der Waals surface area contributed by atoms with Gasteiger partial charge in [-0.1, -0.05) is 6.92 Å². The lowest BCUT2D eigenvalue weighted by Gasteiger charge is -2.26. The van der Waals surface area contributed by atoms with Gasteiger partial charge in [0.05, 0.1) is 13.5 Å². The van der Waals surface area contributed by atoms with Crippen LogP contribution in [0.25, 0.3) is 0 Å². The van der Waals surface area contributed by atoms with Crippen LogP contribution in [0.2, 0.25) is 0 Å². The third-order valence-electron chi connectivity index (χ3n) is 2.29. The zero-order valence-electron chi connectivity index (χ0n) is 11.8. The van der Waals surface area contributed by atoms with E-state index in [2.05, 4.69) is 10.1 Å². The van der Waals surface area contributed by atoms with Gasteiger partial charge in [-0.2, -0.15) is 0 Å². The molecule has 106 valence electrons. The second-order valence-corrected chi connectivity index (χ2v) is 5.11. The molecule has 6 nitrogen and oxygen atoms in total. The molecule has 0 saturated heterocycles. The average Bonchev–Trinajstić information content (AvgIpc) is 2.22. The summed E-state index contributed by atoms with van der Waals surface area (Å²) in [7, 11) is 1.30. The summed E-state index contributed by atoms with van der Waals surface area (Å²) in [6.07, 6.45) is 0.136. The van der Waals surface area contributed by atoms with Gasteiger partial charge in [0, 0.05) is 12.1 Å². The molecular weight excluding hydrogens is 236 g/mol. The molecule has 2 atom stereocenters. The first-order valence-electron chi connectivity index (χ1n) is 6.01. The first kappa shape index (κ1) is 16.7. The maximum absolute atomic E-state index is 11.6. The normalized spacial score (nSPS) is 14.6. The van der Waals surface area contributed by atoms with Crippen LogP contribution in [0.1, 0.15) is 40.5 Å². The fraction of sp³-hybridized carbons (Fsp3) is 0.833. The van der Waals surface area contributed by atoms with Crippen LogP contribution < -0.4 is 11.1 Å². The summed E-state index contributed by atoms with van der Waals surface area (Å²) in [5.74, 6) is -0.396. The minimum atomic E-state index is -0.561. The molecule has 0 aromatic heterocycles. The molecule has 0 aliphatic carbocycles. The molecule has 18 heavy (non-hydrogen) atoms. The quantitative estimate of drug-likeness (QED) is 0.724. The van der Waals surface area contributed by atoms with Crippen molar-refractivity contribution in [2.24, 2.45) is 5.73 Å². The van der Waals surface area contributed by atoms with E-state index in [-0.39, 0.29) is 12.5 Å². The summed E-state index contributed by atoms with van der Waals surface area (Å²) >= 11 is 0. The van der Waals surface area contributed by atoms with E-state index in [9.17, 15) is 9.59 Å². The number of esters is 1. The standard InChI is InChI=1S/C12H24N2O4/c1-6-9(8(13)7-10(15)17-5)14-11(16)18-12(2,3)4/h8-9H,6-7,13H2,1-5H3,(H,14,16)/t8-,9+/m1/s1. The van der Waals surface area contributed by atoms with Crippen LogP contribution in [-0.4, -0.2) is 36.9 Å². The smallest absolute Gasteiger partial charge is 0.407 e. The number of amides is 1. The molecule has 1 amide bonds. The number of alkyl carbamates (subject to hydrolysis) is 1. The monoisotopic (exact) mass is 260 g/mol. The lowest BCUT2D eigenvalue weighted by atomic mass is 10.0. The van der Waals surface area contributed by atoms with Crippen LogP contribution in [0.15, 0.2) is 0 Å². The average molecular weight is 260 g/mol. The highest BCUT2D eigenvalue weighted by atomic mass is 16.6. The molecule has 3 N–H and O–H groups in total. The number of hydrogen-bond acceptors (Lipinski definition) is 5. The van der Waals surface area contributed by atoms with Crippen molar-refractivity contribution in [2.75, 3.05) is 7.11 Å². The Kier molecular flexibility index (Phi) is 6.68. The van der Waals surface area contributed by atoms with Gasteiger partial charge in [0.2, 0.25) is 0 Å². The lowest BCUT2D eigenvalue weighted by molar-refractivity contribution is -0.141. The number of methoxy groups -OCH3 is 1. The summed E-state index contributed by atoms with van der Waals surface area (Å²) in [5.41, 5.74) is 5.29. The van der Waals surface area contributed by atoms with E-state index in [0.29, 0.717) is 6.42 Å². The van der Waals surface area contributed by atoms with Gasteiger partial charge in [0.25, 0.3) is 0 Å². The Bertz CT molecular complexity index is 286. The van der Waals surface area contributed by atoms with Crippen LogP contribution in [0.4, 0.5) is 4.79 Å². The molecule has 0 unspecified atom stereocenters. The second kappa shape index (κ2) is 7.20. The molecule has 0 saturated carbocycles. The minimum absolute atomic E-state index is 0.0603. The van der Waals surface area contributed by atoms with E-state index in [4.69, 9.17) is 10.5 Å². The summed E-state index contributed by atoms with van der Waals surface area (Å²) in [5, 5.41) is 2.66. The van der Waals surface area contributed by atoms with Crippen molar-refractivity contribution in [1.82, 2.24) is 5.32 Å². The fourth-order valence-corrected chi connectivity index (χ4v) is 1.39. The number of rotatable bonds is 5. The number of nitrogens with two attached hydrogens (primary N) is 1. The highest BCUT2D eigenvalue weighted by molar-refractivity contribution is 5.71. The molecular formula is C12H24N2O4. The lowest BCUT2D eigenvalue weighted by Crippen LogP contribution is -2.49. The maximum atomic E-state index is 11.6. The summed E-state index contributed by atoms with van der Waals surface area (Å²) in [4.78, 5) is 22.7. The van der Waals surface area contributed by atoms with Crippen LogP contribution in [0.3, 0.4) is 0 Å². The van der Waals surface area contributed by atoms with Crippen molar-refractivity contribution in [3.63, 3.8) is 0 Å². The Hall–Kier alpha value is -1.30. The Morgan fingerprint density at radius 2 is 1.89 bits per heavy atom. The molecule has 0 aliphatic heterocycles. The maximum Gasteiger partial charge on any atom is 0.407 e. The van der Waals surface area contributed by atoms with E-state index < -0.39 is 23.7 Å². The van der Waals surface area contributed by atoms with Gasteiger partial charge in [-0.25, -0.2) is 4.79 Å². The van der Waals surface area contributed by atoms with Gasteiger partial charge in [-0.15, -0.1) is 0 Å². The predicted molar refractivity (Wildman–Crippen MR) is 68.1 cm³/mol. The van der Waals surface area contributed by atoms with Crippen molar-refractivity contribution in [1.29, 1.82) is 0 Å². The zero-order valence-corrected chi connectivity index (χ0v) is 11.8. The van der Waals surface area contributed by atoms with Gasteiger partial charge in [-0.3, -0.25) is 4.79 Å². The van der Waals surface area contributed by atoms with Gasteiger partial charge in [0.15, 0.2) is 0 Å². The molecule has 6 heteroatoms. The van der Waals surface area contributed by atoms with Crippen LogP contribution in [-0.2, 0) is 14.3 Å². The number of nitrogens with one attached hydrogen (secondary N) is 1. The summed E-state index contributed by atoms with van der Waals surface area (Å²) in [6.45, 7) is 7.21. The summed E-state index contributed by atoms with van der Waals surface area (Å²) in [6, 6.07) is -0.811. The molecule has 0 radical (unpaired) electrons. The Morgan fingerprint density at radius 1 is 1.33 bits per heavy atom. The second-order valence-electron chi connectivity index (χ2n) is 5.11. The minimum Gasteiger partial charge on any atom is -0.469 e. The molecule has 0 heterocycles. The molecule has 0 aromatic carbocycles. The van der Waals surface area contributed by atoms with E-state index >= 15 is 0 Å². The van der Waals surface area contributed by atoms with Crippen LogP contribution in [0, 0.1) is 0 Å². The van der Waals surface area contributed by atoms with E-state index in [0.717, 1.165) is 0 Å². The van der Waals surface area contributed by atoms with E-state index in [1.54, 1.807) is 20.8 Å². The fourth-order valence-electron chi connectivity index (χ4n) is 1.39. The number of hydrogen-bond donors (Lipinski definition) is 2. The number of carbonyl (C=O) groups is 2. The Morgan fingerprint density at radius 3 is 2.28 bits per heavy atom. The largest absolute Gasteiger partial charge is 0.469 e. The van der Waals surface area contributed by atoms with Crippen molar-refractivity contribution >= 4 is 12.1 Å². The molecule has 0 aliphatic rings. The van der Waals surface area contributed by atoms with Crippen molar-refractivity contribution in [3.8, 4) is 0 Å². The highest BCUT2D eigenvalue weighted by Gasteiger charge is 2.24. The van der Waals surface area contributed by atoms with Gasteiger partial charge >= 0.3 is 12.1 Å². The van der Waals surface area contributed by atoms with Crippen molar-refractivity contribution in [2.45, 2.75) is 58.2 Å². The first-order valence-corrected chi connectivity index (χ1v) is 6.01. The Balaban J connectivity index is 4.33. The predicted octanol–water partition coefficient (Wildman–Crippen LogP) is 1.18. The van der Waals surface area contributed by atoms with E-state index in [1.165, 1.54) is 7.11 Å². The molecule has 0 fully saturated rings. The summed E-state index contributed by atoms with van der Waals surface area (Å²) < 4.78 is 9.67. The molecule has 0 aromatic rings. The van der Waals surface area contributed by atoms with Crippen LogP contribution >= 0.6 is 0 Å². The Labute approximate surface area is 108 Å². The molecule has 0 spiro atoms. The van der Waals surface area contributed by atoms with Crippen molar-refractivity contribution < 1.29 is 19.1 Å². The third kappa shape index (κ3) is 7.11.